The van der Waals surface area contributed by atoms with Crippen LogP contribution < -0.4 is 10.4 Å². The van der Waals surface area contributed by atoms with Gasteiger partial charge in [0.05, 0.1) is 0 Å². The Balaban J connectivity index is 1.36. The van der Waals surface area contributed by atoms with Crippen molar-refractivity contribution in [1.82, 2.24) is 10.3 Å². The van der Waals surface area contributed by atoms with Crippen molar-refractivity contribution in [1.29, 1.82) is 0 Å². The van der Waals surface area contributed by atoms with Crippen LogP contribution in [0.4, 0.5) is 0 Å². The zero-order chi connectivity index (χ0) is 27.1. The molecule has 1 aliphatic carbocycles. The fraction of sp³-hybridized carbons (Fsp3) is 0.400. The van der Waals surface area contributed by atoms with Crippen LogP contribution in [0.1, 0.15) is 63.1 Å². The molecule has 38 heavy (non-hydrogen) atoms. The summed E-state index contributed by atoms with van der Waals surface area (Å²) < 4.78 is 0. The highest BCUT2D eigenvalue weighted by molar-refractivity contribution is 6.47. The van der Waals surface area contributed by atoms with Crippen LogP contribution in [0.5, 0.6) is 0 Å². The van der Waals surface area contributed by atoms with Gasteiger partial charge in [-0.3, -0.25) is 9.79 Å². The number of nitrogens with zero attached hydrogens (tertiary/aromatic N) is 3. The first kappa shape index (κ1) is 26.6. The van der Waals surface area contributed by atoms with Crippen LogP contribution in [0.15, 0.2) is 59.1 Å². The minimum absolute atomic E-state index is 0.0431. The van der Waals surface area contributed by atoms with E-state index in [1.54, 1.807) is 24.4 Å². The minimum Gasteiger partial charge on any atom is -0.312 e. The molecule has 6 nitrogen and oxygen atoms in total. The summed E-state index contributed by atoms with van der Waals surface area (Å²) in [6.45, 7) is 11.6. The van der Waals surface area contributed by atoms with Crippen molar-refractivity contribution in [2.24, 2.45) is 21.4 Å². The third-order valence-corrected chi connectivity index (χ3v) is 8.44. The number of nitrogens with one attached hydrogen (secondary N) is 2. The highest BCUT2D eigenvalue weighted by Crippen LogP contribution is 2.46. The van der Waals surface area contributed by atoms with E-state index in [1.165, 1.54) is 0 Å². The summed E-state index contributed by atoms with van der Waals surface area (Å²) in [6, 6.07) is 13.5. The van der Waals surface area contributed by atoms with Crippen LogP contribution >= 0.6 is 23.2 Å². The molecule has 2 heterocycles. The second-order valence-corrected chi connectivity index (χ2v) is 12.4. The molecule has 0 atom stereocenters. The lowest BCUT2D eigenvalue weighted by Gasteiger charge is -2.45. The van der Waals surface area contributed by atoms with Gasteiger partial charge in [-0.1, -0.05) is 79.9 Å². The number of hydrogen-bond donors (Lipinski definition) is 2. The van der Waals surface area contributed by atoms with E-state index in [0.29, 0.717) is 33.8 Å². The Labute approximate surface area is 234 Å². The SMILES string of the molecule is C=C([NH+]=C1C=NN1)c1ccc(CCN2C(=O)C(c3cc(Cl)cc(Cl)c3)=NC23CCC(C(C)(C)C)CC3)cc1. The number of halogens is 2. The number of hydrazone groups is 1. The van der Waals surface area contributed by atoms with Crippen molar-refractivity contribution in [3.63, 3.8) is 0 Å². The first-order chi connectivity index (χ1) is 18.0. The number of aliphatic imine (C=N–C) groups is 1. The molecule has 0 saturated heterocycles. The van der Waals surface area contributed by atoms with Crippen LogP contribution in [0.2, 0.25) is 10.0 Å². The Morgan fingerprint density at radius 2 is 1.76 bits per heavy atom. The Bertz CT molecular complexity index is 1330. The van der Waals surface area contributed by atoms with Gasteiger partial charge in [-0.05, 0) is 67.2 Å². The Morgan fingerprint density at radius 1 is 1.13 bits per heavy atom. The molecule has 198 valence electrons. The second-order valence-electron chi connectivity index (χ2n) is 11.5. The third kappa shape index (κ3) is 5.43. The number of rotatable bonds is 6. The molecule has 2 N–H and O–H groups in total. The van der Waals surface area contributed by atoms with Gasteiger partial charge in [-0.15, -0.1) is 5.43 Å². The molecule has 0 bridgehead atoms. The predicted octanol–water partition coefficient (Wildman–Crippen LogP) is 4.84. The molecule has 2 aliphatic heterocycles. The molecular weight excluding hydrogens is 517 g/mol. The quantitative estimate of drug-likeness (QED) is 0.540. The Morgan fingerprint density at radius 3 is 2.32 bits per heavy atom. The van der Waals surface area contributed by atoms with E-state index < -0.39 is 5.66 Å². The normalized spacial score (nSPS) is 24.0. The Hall–Kier alpha value is -2.96. The first-order valence-corrected chi connectivity index (χ1v) is 13.9. The summed E-state index contributed by atoms with van der Waals surface area (Å²) in [4.78, 5) is 24.2. The van der Waals surface area contributed by atoms with Gasteiger partial charge in [0, 0.05) is 27.7 Å². The van der Waals surface area contributed by atoms with Crippen LogP contribution in [0.25, 0.3) is 5.70 Å². The minimum atomic E-state index is -0.518. The van der Waals surface area contributed by atoms with Gasteiger partial charge in [0.1, 0.15) is 17.1 Å². The summed E-state index contributed by atoms with van der Waals surface area (Å²) in [7, 11) is 0. The van der Waals surface area contributed by atoms with Gasteiger partial charge < -0.3 is 4.90 Å². The van der Waals surface area contributed by atoms with Gasteiger partial charge in [0.25, 0.3) is 5.91 Å². The summed E-state index contributed by atoms with van der Waals surface area (Å²) in [5.74, 6) is 1.40. The topological polar surface area (TPSA) is 71.0 Å². The lowest BCUT2D eigenvalue weighted by Crippen LogP contribution is -2.75. The van der Waals surface area contributed by atoms with Crippen molar-refractivity contribution in [2.45, 2.75) is 58.5 Å². The summed E-state index contributed by atoms with van der Waals surface area (Å²) in [5.41, 5.74) is 6.65. The summed E-state index contributed by atoms with van der Waals surface area (Å²) in [5, 5.41) is 4.85. The zero-order valence-electron chi connectivity index (χ0n) is 22.2. The van der Waals surface area contributed by atoms with E-state index in [-0.39, 0.29) is 11.3 Å². The van der Waals surface area contributed by atoms with E-state index in [9.17, 15) is 4.79 Å². The Kier molecular flexibility index (Phi) is 7.23. The van der Waals surface area contributed by atoms with Gasteiger partial charge in [-0.2, -0.15) is 0 Å². The number of amides is 1. The predicted molar refractivity (Wildman–Crippen MR) is 156 cm³/mol. The van der Waals surface area contributed by atoms with Gasteiger partial charge in [0.15, 0.2) is 6.21 Å². The average Bonchev–Trinajstić information content (AvgIpc) is 3.10. The second kappa shape index (κ2) is 10.3. The molecule has 0 unspecified atom stereocenters. The molecule has 8 heteroatoms. The van der Waals surface area contributed by atoms with E-state index in [2.05, 4.69) is 55.0 Å². The standard InChI is InChI=1S/C30H33Cl2N5O/c1-19(34-26-18-33-36-26)21-7-5-20(6-8-21)11-14-37-28(38)27(22-15-24(31)17-25(32)16-22)35-30(37)12-9-23(10-13-30)29(2,3)4/h5-8,15-18,23H,1,9-14H2,2-4H3,(H,34,36)/p+1. The van der Waals surface area contributed by atoms with E-state index in [4.69, 9.17) is 28.2 Å². The molecule has 1 saturated carbocycles. The van der Waals surface area contributed by atoms with E-state index in [0.717, 1.165) is 54.8 Å². The zero-order valence-corrected chi connectivity index (χ0v) is 23.7. The van der Waals surface area contributed by atoms with E-state index in [1.807, 2.05) is 17.0 Å². The van der Waals surface area contributed by atoms with Crippen LogP contribution in [0.3, 0.4) is 0 Å². The molecule has 0 aromatic heterocycles. The number of carbonyl (C=O) groups excluding carboxylic acids is 1. The molecule has 3 aliphatic rings. The maximum atomic E-state index is 13.9. The van der Waals surface area contributed by atoms with Gasteiger partial charge >= 0.3 is 5.84 Å². The number of benzene rings is 2. The van der Waals surface area contributed by atoms with Crippen molar-refractivity contribution < 1.29 is 9.79 Å². The van der Waals surface area contributed by atoms with Crippen molar-refractivity contribution in [3.05, 3.63) is 75.8 Å². The molecule has 1 amide bonds. The van der Waals surface area contributed by atoms with Crippen LogP contribution in [0, 0.1) is 11.3 Å². The highest BCUT2D eigenvalue weighted by atomic mass is 35.5. The van der Waals surface area contributed by atoms with Crippen LogP contribution in [-0.4, -0.2) is 40.8 Å². The largest absolute Gasteiger partial charge is 0.320 e. The molecule has 2 aromatic carbocycles. The smallest absolute Gasteiger partial charge is 0.312 e. The average molecular weight is 552 g/mol. The fourth-order valence-electron chi connectivity index (χ4n) is 5.69. The first-order valence-electron chi connectivity index (χ1n) is 13.1. The molecular formula is C30H34Cl2N5O+. The van der Waals surface area contributed by atoms with Crippen LogP contribution in [-0.2, 0) is 11.2 Å². The number of carbonyl (C=O) groups is 1. The van der Waals surface area contributed by atoms with Gasteiger partial charge in [-0.25, -0.2) is 4.99 Å². The molecule has 1 spiro atoms. The third-order valence-electron chi connectivity index (χ3n) is 8.01. The lowest BCUT2D eigenvalue weighted by molar-refractivity contribution is -0.344. The maximum absolute atomic E-state index is 13.9. The fourth-order valence-corrected chi connectivity index (χ4v) is 6.21. The van der Waals surface area contributed by atoms with Crippen molar-refractivity contribution in [2.75, 3.05) is 6.54 Å². The summed E-state index contributed by atoms with van der Waals surface area (Å²) >= 11 is 12.6. The lowest BCUT2D eigenvalue weighted by atomic mass is 9.69. The molecule has 1 fully saturated rings. The molecule has 5 rings (SSSR count). The molecule has 0 radical (unpaired) electrons. The summed E-state index contributed by atoms with van der Waals surface area (Å²) in [6.07, 6.45) is 6.26. The monoisotopic (exact) mass is 550 g/mol. The number of hydrogen-bond acceptors (Lipinski definition) is 3. The van der Waals surface area contributed by atoms with Crippen molar-refractivity contribution in [3.8, 4) is 0 Å². The van der Waals surface area contributed by atoms with Gasteiger partial charge in [0.2, 0.25) is 0 Å². The molecule has 2 aromatic rings. The van der Waals surface area contributed by atoms with Crippen molar-refractivity contribution >= 4 is 52.6 Å². The highest BCUT2D eigenvalue weighted by Gasteiger charge is 2.49. The van der Waals surface area contributed by atoms with E-state index >= 15 is 0 Å². The maximum Gasteiger partial charge on any atom is 0.320 e. The number of amidine groups is 1.